The molecule has 0 amide bonds. The molecule has 0 spiro atoms. The second-order valence-electron chi connectivity index (χ2n) is 15.6. The van der Waals surface area contributed by atoms with E-state index < -0.39 is 0 Å². The van der Waals surface area contributed by atoms with E-state index in [0.717, 1.165) is 56.1 Å². The number of para-hydroxylation sites is 2. The van der Waals surface area contributed by atoms with Gasteiger partial charge in [0.1, 0.15) is 0 Å². The fourth-order valence-electron chi connectivity index (χ4n) is 9.36. The molecule has 6 aromatic rings. The van der Waals surface area contributed by atoms with Gasteiger partial charge in [-0.15, -0.1) is 0 Å². The third-order valence-corrected chi connectivity index (χ3v) is 12.2. The Bertz CT molecular complexity index is 2520. The summed E-state index contributed by atoms with van der Waals surface area (Å²) in [6.45, 7) is 10.1. The molecule has 0 fully saturated rings. The minimum atomic E-state index is -0.252. The molecule has 0 N–H and O–H groups in total. The Morgan fingerprint density at radius 1 is 0.500 bits per heavy atom. The SMILES string of the molecule is CC1(C)c2ccccc2N2Cc3cc4c(cc3C#N)C(=O)c3cc(C#N)c(cc3-4)CN3c4ccccc4C(C)(C)c4ccc(cc43)-c3ccc1c2c3. The van der Waals surface area contributed by atoms with Crippen molar-refractivity contribution in [3.05, 3.63) is 165 Å². The van der Waals surface area contributed by atoms with Gasteiger partial charge in [0.05, 0.1) is 23.3 Å². The molecule has 0 radical (unpaired) electrons. The number of carbonyl (C=O) groups is 1. The third-order valence-electron chi connectivity index (χ3n) is 12.2. The van der Waals surface area contributed by atoms with E-state index in [1.54, 1.807) is 12.1 Å². The van der Waals surface area contributed by atoms with Crippen molar-refractivity contribution in [2.75, 3.05) is 9.80 Å². The van der Waals surface area contributed by atoms with Crippen LogP contribution in [0.2, 0.25) is 0 Å². The first-order chi connectivity index (χ1) is 25.1. The molecular weight excluding hydrogens is 637 g/mol. The second-order valence-corrected chi connectivity index (χ2v) is 15.6. The average Bonchev–Trinajstić information content (AvgIpc) is 3.42. The van der Waals surface area contributed by atoms with Crippen molar-refractivity contribution in [1.82, 2.24) is 0 Å². The first-order valence-corrected chi connectivity index (χ1v) is 17.8. The second kappa shape index (κ2) is 10.3. The molecule has 0 aromatic heterocycles. The van der Waals surface area contributed by atoms with E-state index in [1.807, 2.05) is 12.1 Å². The molecule has 5 nitrogen and oxygen atoms in total. The molecule has 0 saturated carbocycles. The van der Waals surface area contributed by atoms with Crippen LogP contribution in [-0.2, 0) is 23.9 Å². The number of ketones is 1. The number of anilines is 4. The Kier molecular flexibility index (Phi) is 6.03. The molecule has 3 heterocycles. The molecule has 10 rings (SSSR count). The summed E-state index contributed by atoms with van der Waals surface area (Å²) < 4.78 is 0. The molecule has 5 heteroatoms. The van der Waals surface area contributed by atoms with Gasteiger partial charge in [-0.3, -0.25) is 4.79 Å². The van der Waals surface area contributed by atoms with Crippen molar-refractivity contribution >= 4 is 28.5 Å². The van der Waals surface area contributed by atoms with Gasteiger partial charge >= 0.3 is 0 Å². The lowest BCUT2D eigenvalue weighted by Gasteiger charge is -2.43. The van der Waals surface area contributed by atoms with Crippen molar-refractivity contribution in [2.24, 2.45) is 0 Å². The lowest BCUT2D eigenvalue weighted by Crippen LogP contribution is -2.33. The number of fused-ring (bicyclic) bond motifs is 9. The highest BCUT2D eigenvalue weighted by Gasteiger charge is 2.39. The molecule has 3 aliphatic heterocycles. The van der Waals surface area contributed by atoms with Gasteiger partial charge in [-0.1, -0.05) is 88.4 Å². The van der Waals surface area contributed by atoms with E-state index in [2.05, 4.69) is 135 Å². The molecule has 1 aliphatic carbocycles. The summed E-state index contributed by atoms with van der Waals surface area (Å²) >= 11 is 0. The topological polar surface area (TPSA) is 71.1 Å². The van der Waals surface area contributed by atoms with Crippen molar-refractivity contribution in [2.45, 2.75) is 51.6 Å². The predicted octanol–water partition coefficient (Wildman–Crippen LogP) is 10.6. The fraction of sp³-hybridized carbons (Fsp3) is 0.170. The number of hydrogen-bond donors (Lipinski definition) is 0. The maximum Gasteiger partial charge on any atom is 0.194 e. The minimum absolute atomic E-state index is 0.144. The quantitative estimate of drug-likeness (QED) is 0.161. The van der Waals surface area contributed by atoms with Crippen LogP contribution in [0.4, 0.5) is 22.7 Å². The molecule has 0 unspecified atom stereocenters. The molecule has 6 aromatic carbocycles. The van der Waals surface area contributed by atoms with Crippen LogP contribution in [0.1, 0.15) is 88.1 Å². The molecule has 248 valence electrons. The van der Waals surface area contributed by atoms with Gasteiger partial charge in [0.25, 0.3) is 0 Å². The summed E-state index contributed by atoms with van der Waals surface area (Å²) in [7, 11) is 0. The van der Waals surface area contributed by atoms with E-state index >= 15 is 0 Å². The zero-order chi connectivity index (χ0) is 35.7. The van der Waals surface area contributed by atoms with E-state index in [4.69, 9.17) is 0 Å². The molecule has 4 aliphatic rings. The van der Waals surface area contributed by atoms with Crippen LogP contribution in [0, 0.1) is 22.7 Å². The van der Waals surface area contributed by atoms with Gasteiger partial charge < -0.3 is 9.80 Å². The van der Waals surface area contributed by atoms with Gasteiger partial charge in [-0.25, -0.2) is 0 Å². The lowest BCUT2D eigenvalue weighted by atomic mass is 9.72. The fourth-order valence-corrected chi connectivity index (χ4v) is 9.36. The summed E-state index contributed by atoms with van der Waals surface area (Å²) in [4.78, 5) is 18.7. The number of hydrogen-bond acceptors (Lipinski definition) is 5. The maximum absolute atomic E-state index is 14.0. The average molecular weight is 671 g/mol. The Morgan fingerprint density at radius 3 is 1.33 bits per heavy atom. The number of nitriles is 2. The van der Waals surface area contributed by atoms with E-state index in [9.17, 15) is 15.3 Å². The normalized spacial score (nSPS) is 16.2. The summed E-state index contributed by atoms with van der Waals surface area (Å²) in [5, 5.41) is 21.0. The Morgan fingerprint density at radius 2 is 0.904 bits per heavy atom. The number of nitrogens with zero attached hydrogens (tertiary/aromatic N) is 4. The Balaban J connectivity index is 1.31. The van der Waals surface area contributed by atoms with Crippen LogP contribution in [0.25, 0.3) is 22.3 Å². The van der Waals surface area contributed by atoms with Crippen LogP contribution in [0.15, 0.2) is 109 Å². The monoisotopic (exact) mass is 670 g/mol. The summed E-state index contributed by atoms with van der Waals surface area (Å²) in [5.41, 5.74) is 16.4. The van der Waals surface area contributed by atoms with Crippen molar-refractivity contribution in [3.63, 3.8) is 0 Å². The van der Waals surface area contributed by atoms with Gasteiger partial charge in [0.2, 0.25) is 0 Å². The number of carbonyl (C=O) groups excluding carboxylic acids is 1. The highest BCUT2D eigenvalue weighted by Crippen LogP contribution is 2.53. The Labute approximate surface area is 303 Å². The van der Waals surface area contributed by atoms with E-state index in [-0.39, 0.29) is 16.6 Å². The zero-order valence-electron chi connectivity index (χ0n) is 29.5. The Hall–Kier alpha value is -6.43. The maximum atomic E-state index is 14.0. The molecule has 0 saturated heterocycles. The highest BCUT2D eigenvalue weighted by molar-refractivity contribution is 6.22. The summed E-state index contributed by atoms with van der Waals surface area (Å²) in [6.07, 6.45) is 0. The molecule has 52 heavy (non-hydrogen) atoms. The zero-order valence-corrected chi connectivity index (χ0v) is 29.5. The van der Waals surface area contributed by atoms with Crippen LogP contribution in [-0.4, -0.2) is 5.78 Å². The van der Waals surface area contributed by atoms with Crippen LogP contribution >= 0.6 is 0 Å². The van der Waals surface area contributed by atoms with Gasteiger partial charge in [0.15, 0.2) is 5.78 Å². The van der Waals surface area contributed by atoms with Gasteiger partial charge in [-0.2, -0.15) is 10.5 Å². The largest absolute Gasteiger partial charge is 0.336 e. The smallest absolute Gasteiger partial charge is 0.194 e. The van der Waals surface area contributed by atoms with E-state index in [1.165, 1.54) is 22.3 Å². The van der Waals surface area contributed by atoms with Crippen LogP contribution in [0.3, 0.4) is 0 Å². The van der Waals surface area contributed by atoms with Crippen molar-refractivity contribution in [3.8, 4) is 34.4 Å². The first-order valence-electron chi connectivity index (χ1n) is 17.8. The van der Waals surface area contributed by atoms with Crippen molar-refractivity contribution < 1.29 is 4.79 Å². The van der Waals surface area contributed by atoms with Gasteiger partial charge in [-0.05, 0) is 104 Å². The molecule has 0 atom stereocenters. The highest BCUT2D eigenvalue weighted by atomic mass is 16.1. The minimum Gasteiger partial charge on any atom is -0.336 e. The standard InChI is InChI=1S/C47H34N4O/c1-46(2)37-9-5-7-11-41(37)50-25-31-19-33-34-20-32(30(24-49)18-36(34)45(52)35(33)17-29(31)23-48)26-51-42-12-8-6-10-38(42)47(3,4)40-16-14-28(22-44(40)51)27-13-15-39(46)43(50)21-27/h5-22H,25-26H2,1-4H3. The summed E-state index contributed by atoms with van der Waals surface area (Å²) in [5.74, 6) is -0.144. The molecular formula is C47H34N4O. The predicted molar refractivity (Wildman–Crippen MR) is 205 cm³/mol. The number of benzene rings is 6. The van der Waals surface area contributed by atoms with Crippen LogP contribution < -0.4 is 9.80 Å². The van der Waals surface area contributed by atoms with Crippen molar-refractivity contribution in [1.29, 1.82) is 10.5 Å². The number of rotatable bonds is 0. The molecule has 8 bridgehead atoms. The van der Waals surface area contributed by atoms with E-state index in [0.29, 0.717) is 35.3 Å². The first kappa shape index (κ1) is 30.4. The lowest BCUT2D eigenvalue weighted by molar-refractivity contribution is 0.104. The van der Waals surface area contributed by atoms with Crippen LogP contribution in [0.5, 0.6) is 0 Å². The summed E-state index contributed by atoms with van der Waals surface area (Å²) in [6, 6.07) is 43.2. The third kappa shape index (κ3) is 3.94. The van der Waals surface area contributed by atoms with Gasteiger partial charge in [0, 0.05) is 57.8 Å².